The Bertz CT molecular complexity index is 1200. The second-order valence-corrected chi connectivity index (χ2v) is 10.3. The molecule has 1 heterocycles. The van der Waals surface area contributed by atoms with E-state index in [0.717, 1.165) is 28.0 Å². The molecule has 0 aliphatic carbocycles. The van der Waals surface area contributed by atoms with Crippen LogP contribution in [0.15, 0.2) is 67.0 Å². The Balaban J connectivity index is 1.86. The van der Waals surface area contributed by atoms with E-state index in [1.54, 1.807) is 7.11 Å². The van der Waals surface area contributed by atoms with Gasteiger partial charge in [-0.15, -0.1) is 0 Å². The first-order valence-corrected chi connectivity index (χ1v) is 10.8. The summed E-state index contributed by atoms with van der Waals surface area (Å²) in [6, 6.07) is 21.6. The van der Waals surface area contributed by atoms with Crippen LogP contribution in [-0.2, 0) is 10.8 Å². The van der Waals surface area contributed by atoms with Gasteiger partial charge in [-0.1, -0.05) is 77.9 Å². The largest absolute Gasteiger partial charge is 0.495 e. The Hall–Kier alpha value is -3.07. The van der Waals surface area contributed by atoms with Crippen molar-refractivity contribution in [1.82, 2.24) is 9.55 Å². The number of imidazole rings is 1. The van der Waals surface area contributed by atoms with Crippen molar-refractivity contribution in [2.45, 2.75) is 52.4 Å². The van der Waals surface area contributed by atoms with Gasteiger partial charge in [-0.3, -0.25) is 4.57 Å². The zero-order chi connectivity index (χ0) is 22.4. The molecule has 0 aliphatic rings. The fourth-order valence-corrected chi connectivity index (χ4v) is 3.87. The van der Waals surface area contributed by atoms with Crippen LogP contribution in [0.5, 0.6) is 5.75 Å². The Morgan fingerprint density at radius 2 is 1.39 bits per heavy atom. The van der Waals surface area contributed by atoms with E-state index < -0.39 is 0 Å². The van der Waals surface area contributed by atoms with E-state index in [9.17, 15) is 0 Å². The smallest absolute Gasteiger partial charge is 0.143 e. The average molecular weight is 413 g/mol. The fraction of sp³-hybridized carbons (Fsp3) is 0.321. The predicted molar refractivity (Wildman–Crippen MR) is 130 cm³/mol. The molecule has 3 aromatic carbocycles. The molecular weight excluding hydrogens is 380 g/mol. The molecule has 0 saturated carbocycles. The van der Waals surface area contributed by atoms with E-state index in [0.29, 0.717) is 0 Å². The second kappa shape index (κ2) is 7.56. The summed E-state index contributed by atoms with van der Waals surface area (Å²) in [6.07, 6.45) is 1.86. The number of benzene rings is 3. The van der Waals surface area contributed by atoms with Gasteiger partial charge < -0.3 is 4.74 Å². The number of hydrogen-bond donors (Lipinski definition) is 0. The molecule has 3 heteroatoms. The topological polar surface area (TPSA) is 27.1 Å². The molecule has 0 radical (unpaired) electrons. The highest BCUT2D eigenvalue weighted by atomic mass is 16.5. The van der Waals surface area contributed by atoms with Gasteiger partial charge in [-0.2, -0.15) is 0 Å². The van der Waals surface area contributed by atoms with Gasteiger partial charge in [0.2, 0.25) is 0 Å². The first-order valence-electron chi connectivity index (χ1n) is 10.8. The van der Waals surface area contributed by atoms with Crippen molar-refractivity contribution in [3.05, 3.63) is 78.1 Å². The van der Waals surface area contributed by atoms with E-state index in [4.69, 9.17) is 4.74 Å². The highest BCUT2D eigenvalue weighted by Gasteiger charge is 2.21. The molecular formula is C28H32N2O. The lowest BCUT2D eigenvalue weighted by Gasteiger charge is -2.26. The van der Waals surface area contributed by atoms with Crippen molar-refractivity contribution in [3.63, 3.8) is 0 Å². The Morgan fingerprint density at radius 3 is 2.00 bits per heavy atom. The molecule has 0 fully saturated rings. The molecule has 4 aromatic rings. The van der Waals surface area contributed by atoms with E-state index in [-0.39, 0.29) is 10.8 Å². The Labute approximate surface area is 185 Å². The van der Waals surface area contributed by atoms with Crippen molar-refractivity contribution >= 4 is 11.0 Å². The molecule has 0 spiro atoms. The van der Waals surface area contributed by atoms with Gasteiger partial charge in [-0.05, 0) is 57.3 Å². The van der Waals surface area contributed by atoms with Gasteiger partial charge in [0.1, 0.15) is 12.1 Å². The minimum absolute atomic E-state index is 0.0791. The Kier molecular flexibility index (Phi) is 5.17. The summed E-state index contributed by atoms with van der Waals surface area (Å²) >= 11 is 0. The minimum Gasteiger partial charge on any atom is -0.495 e. The van der Waals surface area contributed by atoms with Crippen LogP contribution in [0.2, 0.25) is 0 Å². The van der Waals surface area contributed by atoms with Gasteiger partial charge in [0.15, 0.2) is 0 Å². The lowest BCUT2D eigenvalue weighted by Crippen LogP contribution is -2.16. The highest BCUT2D eigenvalue weighted by molar-refractivity contribution is 5.79. The zero-order valence-corrected chi connectivity index (χ0v) is 19.7. The summed E-state index contributed by atoms with van der Waals surface area (Å²) in [6.45, 7) is 13.6. The SMILES string of the molecule is COc1cc(-c2cc(C(C)(C)C)cc(C(C)(C)C)c2)ccc1-n1cnc2ccccc21. The predicted octanol–water partition coefficient (Wildman–Crippen LogP) is 7.30. The highest BCUT2D eigenvalue weighted by Crippen LogP contribution is 2.36. The third-order valence-electron chi connectivity index (χ3n) is 5.89. The molecule has 4 rings (SSSR count). The van der Waals surface area contributed by atoms with Crippen LogP contribution in [0.3, 0.4) is 0 Å². The van der Waals surface area contributed by atoms with Crippen molar-refractivity contribution in [2.24, 2.45) is 0 Å². The molecule has 0 amide bonds. The van der Waals surface area contributed by atoms with Gasteiger partial charge >= 0.3 is 0 Å². The number of methoxy groups -OCH3 is 1. The van der Waals surface area contributed by atoms with Crippen LogP contribution in [-0.4, -0.2) is 16.7 Å². The Morgan fingerprint density at radius 1 is 0.742 bits per heavy atom. The summed E-state index contributed by atoms with van der Waals surface area (Å²) < 4.78 is 7.91. The molecule has 1 aromatic heterocycles. The van der Waals surface area contributed by atoms with Gasteiger partial charge in [0.05, 0.1) is 23.8 Å². The monoisotopic (exact) mass is 412 g/mol. The third kappa shape index (κ3) is 4.10. The fourth-order valence-electron chi connectivity index (χ4n) is 3.87. The standard InChI is InChI=1S/C28H32N2O/c1-27(2,3)21-14-20(15-22(17-21)28(4,5)6)19-12-13-25(26(16-19)31-7)30-18-29-23-10-8-9-11-24(23)30/h8-18H,1-7H3. The van der Waals surface area contributed by atoms with E-state index in [1.165, 1.54) is 16.7 Å². The minimum atomic E-state index is 0.0791. The van der Waals surface area contributed by atoms with E-state index in [2.05, 4.69) is 93.6 Å². The molecule has 0 saturated heterocycles. The maximum Gasteiger partial charge on any atom is 0.143 e. The summed E-state index contributed by atoms with van der Waals surface area (Å²) in [5, 5.41) is 0. The number of nitrogens with zero attached hydrogens (tertiary/aromatic N) is 2. The lowest BCUT2D eigenvalue weighted by atomic mass is 9.79. The van der Waals surface area contributed by atoms with Gasteiger partial charge in [-0.25, -0.2) is 4.98 Å². The number of ether oxygens (including phenoxy) is 1. The van der Waals surface area contributed by atoms with Crippen molar-refractivity contribution < 1.29 is 4.74 Å². The molecule has 0 atom stereocenters. The van der Waals surface area contributed by atoms with Crippen LogP contribution in [0, 0.1) is 0 Å². The van der Waals surface area contributed by atoms with Crippen LogP contribution in [0.25, 0.3) is 27.8 Å². The van der Waals surface area contributed by atoms with E-state index in [1.807, 2.05) is 24.5 Å². The number of aromatic nitrogens is 2. The average Bonchev–Trinajstić information content (AvgIpc) is 3.15. The van der Waals surface area contributed by atoms with Crippen molar-refractivity contribution in [2.75, 3.05) is 7.11 Å². The summed E-state index contributed by atoms with van der Waals surface area (Å²) in [5.74, 6) is 0.833. The number of rotatable bonds is 3. The maximum absolute atomic E-state index is 5.83. The molecule has 160 valence electrons. The van der Waals surface area contributed by atoms with Crippen LogP contribution < -0.4 is 4.74 Å². The van der Waals surface area contributed by atoms with Crippen LogP contribution in [0.1, 0.15) is 52.7 Å². The summed E-state index contributed by atoms with van der Waals surface area (Å²) in [4.78, 5) is 4.54. The number of para-hydroxylation sites is 2. The zero-order valence-electron chi connectivity index (χ0n) is 19.7. The molecule has 0 aliphatic heterocycles. The third-order valence-corrected chi connectivity index (χ3v) is 5.89. The lowest BCUT2D eigenvalue weighted by molar-refractivity contribution is 0.413. The quantitative estimate of drug-likeness (QED) is 0.353. The number of fused-ring (bicyclic) bond motifs is 1. The van der Waals surface area contributed by atoms with Crippen molar-refractivity contribution in [3.8, 4) is 22.6 Å². The van der Waals surface area contributed by atoms with E-state index >= 15 is 0 Å². The molecule has 0 unspecified atom stereocenters. The van der Waals surface area contributed by atoms with Crippen LogP contribution in [0.4, 0.5) is 0 Å². The second-order valence-electron chi connectivity index (χ2n) is 10.3. The summed E-state index contributed by atoms with van der Waals surface area (Å²) in [5.41, 5.74) is 8.25. The van der Waals surface area contributed by atoms with Gasteiger partial charge in [0, 0.05) is 0 Å². The summed E-state index contributed by atoms with van der Waals surface area (Å²) in [7, 11) is 1.73. The molecule has 3 nitrogen and oxygen atoms in total. The van der Waals surface area contributed by atoms with Gasteiger partial charge in [0.25, 0.3) is 0 Å². The number of hydrogen-bond acceptors (Lipinski definition) is 2. The normalized spacial score (nSPS) is 12.4. The molecule has 31 heavy (non-hydrogen) atoms. The first kappa shape index (κ1) is 21.2. The molecule has 0 N–H and O–H groups in total. The van der Waals surface area contributed by atoms with Crippen LogP contribution >= 0.6 is 0 Å². The maximum atomic E-state index is 5.83. The first-order chi connectivity index (χ1) is 14.6. The molecule has 0 bridgehead atoms. The van der Waals surface area contributed by atoms with Crippen molar-refractivity contribution in [1.29, 1.82) is 0 Å².